The van der Waals surface area contributed by atoms with E-state index in [2.05, 4.69) is 24.0 Å². The topological polar surface area (TPSA) is 49.8 Å². The smallest absolute Gasteiger partial charge is 0.232 e. The minimum Gasteiger partial charge on any atom is -0.507 e. The number of hydrogen-bond donors (Lipinski definition) is 1. The fourth-order valence-corrected chi connectivity index (χ4v) is 4.07. The summed E-state index contributed by atoms with van der Waals surface area (Å²) in [5.74, 6) is 0.965. The fourth-order valence-electron chi connectivity index (χ4n) is 4.07. The normalized spacial score (nSPS) is 18.4. The molecule has 4 heteroatoms. The van der Waals surface area contributed by atoms with Crippen molar-refractivity contribution < 1.29 is 14.6 Å². The van der Waals surface area contributed by atoms with Crippen LogP contribution in [0.4, 0.5) is 0 Å². The van der Waals surface area contributed by atoms with Gasteiger partial charge < -0.3 is 9.84 Å². The van der Waals surface area contributed by atoms with Crippen molar-refractivity contribution in [2.24, 2.45) is 0 Å². The molecular formula is C24H27NO3. The highest BCUT2D eigenvalue weighted by molar-refractivity contribution is 6.15. The molecular weight excluding hydrogens is 350 g/mol. The number of benzene rings is 2. The van der Waals surface area contributed by atoms with Crippen molar-refractivity contribution in [3.63, 3.8) is 0 Å². The number of piperidine rings is 1. The predicted molar refractivity (Wildman–Crippen MR) is 111 cm³/mol. The largest absolute Gasteiger partial charge is 0.507 e. The Morgan fingerprint density at radius 3 is 2.54 bits per heavy atom. The van der Waals surface area contributed by atoms with Gasteiger partial charge in [-0.15, -0.1) is 0 Å². The summed E-state index contributed by atoms with van der Waals surface area (Å²) in [6.07, 6.45) is 6.38. The van der Waals surface area contributed by atoms with Crippen LogP contribution in [0.25, 0.3) is 6.08 Å². The number of phenolic OH excluding ortho intramolecular Hbond substituents is 1. The zero-order chi connectivity index (χ0) is 19.7. The molecule has 28 heavy (non-hydrogen) atoms. The molecule has 1 fully saturated rings. The van der Waals surface area contributed by atoms with Crippen LogP contribution in [0.1, 0.15) is 58.8 Å². The first-order valence-corrected chi connectivity index (χ1v) is 10.2. The molecule has 2 aromatic carbocycles. The summed E-state index contributed by atoms with van der Waals surface area (Å²) < 4.78 is 6.04. The van der Waals surface area contributed by atoms with Crippen LogP contribution in [0.3, 0.4) is 0 Å². The number of carbonyl (C=O) groups is 1. The van der Waals surface area contributed by atoms with Crippen molar-refractivity contribution in [1.29, 1.82) is 0 Å². The summed E-state index contributed by atoms with van der Waals surface area (Å²) in [5.41, 5.74) is 4.26. The second-order valence-corrected chi connectivity index (χ2v) is 7.77. The minimum absolute atomic E-state index is 0.105. The summed E-state index contributed by atoms with van der Waals surface area (Å²) in [7, 11) is 0. The van der Waals surface area contributed by atoms with Gasteiger partial charge in [0.25, 0.3) is 0 Å². The van der Waals surface area contributed by atoms with Gasteiger partial charge in [-0.25, -0.2) is 0 Å². The average Bonchev–Trinajstić information content (AvgIpc) is 3.03. The molecule has 0 bridgehead atoms. The van der Waals surface area contributed by atoms with Crippen molar-refractivity contribution in [3.8, 4) is 11.5 Å². The molecule has 0 amide bonds. The highest BCUT2D eigenvalue weighted by Gasteiger charge is 2.33. The molecule has 0 atom stereocenters. The standard InChI is InChI=1S/C24H27NO3/c1-3-17-7-9-18(10-8-17)14-21-23(27)22-16(2)13-20(26)19(24(22)28-21)15-25-11-5-4-6-12-25/h7-10,13-14,26H,3-6,11-12,15H2,1-2H3/b21-14-. The first-order chi connectivity index (χ1) is 13.6. The second-order valence-electron chi connectivity index (χ2n) is 7.77. The Bertz CT molecular complexity index is 922. The van der Waals surface area contributed by atoms with Gasteiger partial charge in [0.2, 0.25) is 5.78 Å². The Morgan fingerprint density at radius 2 is 1.86 bits per heavy atom. The van der Waals surface area contributed by atoms with Crippen LogP contribution in [0, 0.1) is 6.92 Å². The number of ether oxygens (including phenoxy) is 1. The van der Waals surface area contributed by atoms with E-state index in [1.54, 1.807) is 12.1 Å². The number of fused-ring (bicyclic) bond motifs is 1. The number of hydrogen-bond acceptors (Lipinski definition) is 4. The molecule has 2 aromatic rings. The maximum absolute atomic E-state index is 13.0. The maximum Gasteiger partial charge on any atom is 0.232 e. The quantitative estimate of drug-likeness (QED) is 0.773. The van der Waals surface area contributed by atoms with E-state index in [1.165, 1.54) is 24.8 Å². The van der Waals surface area contributed by atoms with Crippen molar-refractivity contribution >= 4 is 11.9 Å². The lowest BCUT2D eigenvalue weighted by Gasteiger charge is -2.27. The summed E-state index contributed by atoms with van der Waals surface area (Å²) >= 11 is 0. The van der Waals surface area contributed by atoms with Gasteiger partial charge in [0.1, 0.15) is 11.5 Å². The highest BCUT2D eigenvalue weighted by atomic mass is 16.5. The lowest BCUT2D eigenvalue weighted by atomic mass is 9.98. The Labute approximate surface area is 166 Å². The zero-order valence-electron chi connectivity index (χ0n) is 16.6. The number of allylic oxidation sites excluding steroid dienone is 1. The van der Waals surface area contributed by atoms with E-state index in [0.29, 0.717) is 23.6 Å². The van der Waals surface area contributed by atoms with E-state index in [9.17, 15) is 9.90 Å². The molecule has 0 aliphatic carbocycles. The molecule has 0 saturated carbocycles. The minimum atomic E-state index is -0.105. The number of phenols is 1. The van der Waals surface area contributed by atoms with Crippen LogP contribution in [-0.2, 0) is 13.0 Å². The molecule has 1 saturated heterocycles. The van der Waals surface area contributed by atoms with E-state index in [1.807, 2.05) is 19.1 Å². The van der Waals surface area contributed by atoms with Gasteiger partial charge in [-0.2, -0.15) is 0 Å². The van der Waals surface area contributed by atoms with Gasteiger partial charge in [-0.05, 0) is 68.1 Å². The number of aryl methyl sites for hydroxylation is 2. The third-order valence-corrected chi connectivity index (χ3v) is 5.74. The summed E-state index contributed by atoms with van der Waals surface area (Å²) in [5, 5.41) is 10.6. The molecule has 4 rings (SSSR count). The van der Waals surface area contributed by atoms with Crippen LogP contribution in [-0.4, -0.2) is 28.9 Å². The molecule has 2 aliphatic rings. The van der Waals surface area contributed by atoms with Crippen LogP contribution in [0.15, 0.2) is 36.1 Å². The molecule has 1 N–H and O–H groups in total. The highest BCUT2D eigenvalue weighted by Crippen LogP contribution is 2.42. The van der Waals surface area contributed by atoms with E-state index < -0.39 is 0 Å². The molecule has 146 valence electrons. The Morgan fingerprint density at radius 1 is 1.14 bits per heavy atom. The first-order valence-electron chi connectivity index (χ1n) is 10.2. The summed E-state index contributed by atoms with van der Waals surface area (Å²) in [6.45, 7) is 6.61. The van der Waals surface area contributed by atoms with Crippen LogP contribution in [0.2, 0.25) is 0 Å². The van der Waals surface area contributed by atoms with Crippen molar-refractivity contribution in [1.82, 2.24) is 4.90 Å². The molecule has 0 spiro atoms. The number of Topliss-reactive ketones (excluding diaryl/α,β-unsaturated/α-hetero) is 1. The van der Waals surface area contributed by atoms with E-state index in [4.69, 9.17) is 4.74 Å². The molecule has 0 radical (unpaired) electrons. The lowest BCUT2D eigenvalue weighted by molar-refractivity contribution is 0.101. The van der Waals surface area contributed by atoms with Crippen molar-refractivity contribution in [3.05, 3.63) is 63.9 Å². The fraction of sp³-hybridized carbons (Fsp3) is 0.375. The van der Waals surface area contributed by atoms with E-state index in [-0.39, 0.29) is 11.5 Å². The third-order valence-electron chi connectivity index (χ3n) is 5.74. The lowest BCUT2D eigenvalue weighted by Crippen LogP contribution is -2.29. The Balaban J connectivity index is 1.67. The van der Waals surface area contributed by atoms with Crippen LogP contribution >= 0.6 is 0 Å². The average molecular weight is 377 g/mol. The van der Waals surface area contributed by atoms with Crippen molar-refractivity contribution in [2.75, 3.05) is 13.1 Å². The molecule has 2 heterocycles. The number of nitrogens with zero attached hydrogens (tertiary/aromatic N) is 1. The van der Waals surface area contributed by atoms with E-state index in [0.717, 1.165) is 36.2 Å². The first kappa shape index (κ1) is 18.8. The molecule has 2 aliphatic heterocycles. The second kappa shape index (κ2) is 7.80. The SMILES string of the molecule is CCc1ccc(/C=C2\Oc3c(CN4CCCCC4)c(O)cc(C)c3C2=O)cc1. The number of ketones is 1. The van der Waals surface area contributed by atoms with Crippen molar-refractivity contribution in [2.45, 2.75) is 46.1 Å². The molecule has 0 aromatic heterocycles. The maximum atomic E-state index is 13.0. The van der Waals surface area contributed by atoms with Gasteiger partial charge in [-0.3, -0.25) is 9.69 Å². The van der Waals surface area contributed by atoms with E-state index >= 15 is 0 Å². The van der Waals surface area contributed by atoms with Gasteiger partial charge in [0.15, 0.2) is 5.76 Å². The van der Waals surface area contributed by atoms with Gasteiger partial charge in [-0.1, -0.05) is 37.6 Å². The van der Waals surface area contributed by atoms with Gasteiger partial charge in [0, 0.05) is 6.54 Å². The number of aromatic hydroxyl groups is 1. The molecule has 0 unspecified atom stereocenters. The number of rotatable bonds is 4. The van der Waals surface area contributed by atoms with Crippen LogP contribution in [0.5, 0.6) is 11.5 Å². The van der Waals surface area contributed by atoms with Gasteiger partial charge >= 0.3 is 0 Å². The molecule has 4 nitrogen and oxygen atoms in total. The number of likely N-dealkylation sites (tertiary alicyclic amines) is 1. The third kappa shape index (κ3) is 3.57. The Hall–Kier alpha value is -2.59. The van der Waals surface area contributed by atoms with Crippen LogP contribution < -0.4 is 4.74 Å². The summed E-state index contributed by atoms with van der Waals surface area (Å²) in [6, 6.07) is 9.84. The monoisotopic (exact) mass is 377 g/mol. The zero-order valence-corrected chi connectivity index (χ0v) is 16.6. The Kier molecular flexibility index (Phi) is 5.23. The van der Waals surface area contributed by atoms with Gasteiger partial charge in [0.05, 0.1) is 11.1 Å². The number of carbonyl (C=O) groups excluding carboxylic acids is 1. The predicted octanol–water partition coefficient (Wildman–Crippen LogP) is 4.87. The summed E-state index contributed by atoms with van der Waals surface area (Å²) in [4.78, 5) is 15.3.